The Balaban J connectivity index is 1.87. The zero-order chi connectivity index (χ0) is 24.9. The van der Waals surface area contributed by atoms with Gasteiger partial charge >= 0.3 is 6.18 Å². The van der Waals surface area contributed by atoms with Crippen LogP contribution in [0.2, 0.25) is 0 Å². The monoisotopic (exact) mass is 469 g/mol. The molecule has 0 atom stereocenters. The van der Waals surface area contributed by atoms with Crippen molar-refractivity contribution < 1.29 is 18.0 Å². The van der Waals surface area contributed by atoms with Crippen LogP contribution in [0.4, 0.5) is 18.9 Å². The minimum atomic E-state index is -4.41. The van der Waals surface area contributed by atoms with Gasteiger partial charge in [-0.3, -0.25) is 4.79 Å². The van der Waals surface area contributed by atoms with Crippen LogP contribution in [-0.2, 0) is 24.6 Å². The highest BCUT2D eigenvalue weighted by Crippen LogP contribution is 2.30. The van der Waals surface area contributed by atoms with E-state index in [0.717, 1.165) is 17.7 Å². The molecule has 7 heteroatoms. The summed E-state index contributed by atoms with van der Waals surface area (Å²) in [5, 5.41) is 2.98. The second-order valence-corrected chi connectivity index (χ2v) is 9.27. The van der Waals surface area contributed by atoms with E-state index in [-0.39, 0.29) is 30.0 Å². The number of anilines is 1. The Labute approximate surface area is 198 Å². The fourth-order valence-corrected chi connectivity index (χ4v) is 3.68. The number of alkyl halides is 3. The number of halogens is 3. The predicted molar refractivity (Wildman–Crippen MR) is 129 cm³/mol. The van der Waals surface area contributed by atoms with Gasteiger partial charge in [0.25, 0.3) is 5.91 Å². The van der Waals surface area contributed by atoms with Gasteiger partial charge in [-0.15, -0.1) is 0 Å². The van der Waals surface area contributed by atoms with E-state index >= 15 is 0 Å². The minimum Gasteiger partial charge on any atom is -0.386 e. The van der Waals surface area contributed by atoms with E-state index in [2.05, 4.69) is 31.1 Å². The second kappa shape index (κ2) is 10.3. The molecule has 0 radical (unpaired) electrons. The van der Waals surface area contributed by atoms with E-state index in [1.165, 1.54) is 11.6 Å². The van der Waals surface area contributed by atoms with Gasteiger partial charge in [0, 0.05) is 26.3 Å². The highest BCUT2D eigenvalue weighted by Gasteiger charge is 2.30. The molecule has 0 aliphatic heterocycles. The van der Waals surface area contributed by atoms with Crippen LogP contribution >= 0.6 is 0 Å². The molecule has 4 nitrogen and oxygen atoms in total. The number of aromatic nitrogens is 1. The summed E-state index contributed by atoms with van der Waals surface area (Å²) < 4.78 is 39.4. The number of benzene rings is 2. The lowest BCUT2D eigenvalue weighted by Crippen LogP contribution is -2.33. The van der Waals surface area contributed by atoms with Gasteiger partial charge in [0.15, 0.2) is 5.69 Å². The molecule has 0 aliphatic rings. The first kappa shape index (κ1) is 25.3. The first-order valence-electron chi connectivity index (χ1n) is 11.2. The molecule has 1 amide bonds. The van der Waals surface area contributed by atoms with Crippen molar-refractivity contribution in [1.29, 1.82) is 0 Å². The molecular weight excluding hydrogens is 439 g/mol. The second-order valence-electron chi connectivity index (χ2n) is 9.27. The fourth-order valence-electron chi connectivity index (χ4n) is 3.68. The number of carbonyl (C=O) groups excluding carboxylic acids is 1. The van der Waals surface area contributed by atoms with Gasteiger partial charge in [0.1, 0.15) is 0 Å². The van der Waals surface area contributed by atoms with E-state index < -0.39 is 11.7 Å². The minimum absolute atomic E-state index is 0.00713. The Morgan fingerprint density at radius 1 is 0.941 bits per heavy atom. The first-order valence-corrected chi connectivity index (χ1v) is 11.2. The maximum atomic E-state index is 13.4. The summed E-state index contributed by atoms with van der Waals surface area (Å²) >= 11 is 0. The molecule has 1 heterocycles. The SMILES string of the molecule is CNc1cccnc1C(=O)N(CCc1cccc(C(F)(F)F)c1)Cc1ccc(C(C)(C)C)cc1. The summed E-state index contributed by atoms with van der Waals surface area (Å²) in [6, 6.07) is 16.8. The van der Waals surface area contributed by atoms with Crippen molar-refractivity contribution in [2.24, 2.45) is 0 Å². The van der Waals surface area contributed by atoms with Crippen molar-refractivity contribution in [3.8, 4) is 0 Å². The molecule has 0 aliphatic carbocycles. The molecule has 0 spiro atoms. The number of pyridine rings is 1. The van der Waals surface area contributed by atoms with Crippen LogP contribution in [-0.4, -0.2) is 29.4 Å². The summed E-state index contributed by atoms with van der Waals surface area (Å²) in [4.78, 5) is 19.3. The normalized spacial score (nSPS) is 11.9. The third-order valence-electron chi connectivity index (χ3n) is 5.68. The van der Waals surface area contributed by atoms with Gasteiger partial charge in [0.05, 0.1) is 11.3 Å². The average Bonchev–Trinajstić information content (AvgIpc) is 2.80. The van der Waals surface area contributed by atoms with Crippen LogP contribution in [0.15, 0.2) is 66.9 Å². The summed E-state index contributed by atoms with van der Waals surface area (Å²) in [7, 11) is 1.71. The van der Waals surface area contributed by atoms with Crippen LogP contribution in [0.3, 0.4) is 0 Å². The van der Waals surface area contributed by atoms with Gasteiger partial charge in [0.2, 0.25) is 0 Å². The van der Waals surface area contributed by atoms with Crippen LogP contribution in [0.25, 0.3) is 0 Å². The zero-order valence-corrected chi connectivity index (χ0v) is 19.9. The molecule has 2 aromatic carbocycles. The van der Waals surface area contributed by atoms with Crippen LogP contribution in [0.5, 0.6) is 0 Å². The molecule has 3 aromatic rings. The topological polar surface area (TPSA) is 45.2 Å². The Morgan fingerprint density at radius 2 is 1.65 bits per heavy atom. The highest BCUT2D eigenvalue weighted by atomic mass is 19.4. The van der Waals surface area contributed by atoms with Crippen molar-refractivity contribution in [3.05, 3.63) is 94.8 Å². The molecule has 0 saturated heterocycles. The molecule has 0 saturated carbocycles. The van der Waals surface area contributed by atoms with Crippen molar-refractivity contribution in [1.82, 2.24) is 9.88 Å². The lowest BCUT2D eigenvalue weighted by molar-refractivity contribution is -0.137. The highest BCUT2D eigenvalue weighted by molar-refractivity contribution is 5.97. The Morgan fingerprint density at radius 3 is 2.26 bits per heavy atom. The molecule has 0 bridgehead atoms. The van der Waals surface area contributed by atoms with Gasteiger partial charge in [-0.2, -0.15) is 13.2 Å². The zero-order valence-electron chi connectivity index (χ0n) is 19.9. The quantitative estimate of drug-likeness (QED) is 0.440. The summed E-state index contributed by atoms with van der Waals surface area (Å²) in [6.45, 7) is 6.97. The largest absolute Gasteiger partial charge is 0.416 e. The average molecular weight is 470 g/mol. The maximum absolute atomic E-state index is 13.4. The van der Waals surface area contributed by atoms with Crippen molar-refractivity contribution in [3.63, 3.8) is 0 Å². The smallest absolute Gasteiger partial charge is 0.386 e. The summed E-state index contributed by atoms with van der Waals surface area (Å²) in [5.41, 5.74) is 2.83. The summed E-state index contributed by atoms with van der Waals surface area (Å²) in [5.74, 6) is -0.281. The number of nitrogens with one attached hydrogen (secondary N) is 1. The van der Waals surface area contributed by atoms with Crippen LogP contribution < -0.4 is 5.32 Å². The van der Waals surface area contributed by atoms with E-state index in [9.17, 15) is 18.0 Å². The third-order valence-corrected chi connectivity index (χ3v) is 5.68. The number of amides is 1. The van der Waals surface area contributed by atoms with E-state index in [0.29, 0.717) is 17.8 Å². The number of carbonyl (C=O) groups is 1. The first-order chi connectivity index (χ1) is 16.0. The van der Waals surface area contributed by atoms with Crippen molar-refractivity contribution >= 4 is 11.6 Å². The fraction of sp³-hybridized carbons (Fsp3) is 0.333. The summed E-state index contributed by atoms with van der Waals surface area (Å²) in [6.07, 6.45) is -2.56. The van der Waals surface area contributed by atoms with E-state index in [1.54, 1.807) is 36.3 Å². The third kappa shape index (κ3) is 6.37. The standard InChI is InChI=1S/C27H30F3N3O/c1-26(2,3)21-12-10-20(11-13-21)18-33(25(34)24-23(31-4)9-6-15-32-24)16-14-19-7-5-8-22(17-19)27(28,29)30/h5-13,15,17,31H,14,16,18H2,1-4H3. The van der Waals surface area contributed by atoms with Crippen LogP contribution in [0, 0.1) is 0 Å². The van der Waals surface area contributed by atoms with Crippen LogP contribution in [0.1, 0.15) is 53.5 Å². The number of rotatable bonds is 7. The maximum Gasteiger partial charge on any atom is 0.416 e. The van der Waals surface area contributed by atoms with Gasteiger partial charge in [-0.25, -0.2) is 4.98 Å². The Kier molecular flexibility index (Phi) is 7.64. The van der Waals surface area contributed by atoms with Gasteiger partial charge < -0.3 is 10.2 Å². The molecule has 0 fully saturated rings. The number of hydrogen-bond acceptors (Lipinski definition) is 3. The Hall–Kier alpha value is -3.35. The van der Waals surface area contributed by atoms with Gasteiger partial charge in [-0.1, -0.05) is 63.2 Å². The number of hydrogen-bond donors (Lipinski definition) is 1. The van der Waals surface area contributed by atoms with Crippen molar-refractivity contribution in [2.75, 3.05) is 18.9 Å². The number of nitrogens with zero attached hydrogens (tertiary/aromatic N) is 2. The van der Waals surface area contributed by atoms with Crippen molar-refractivity contribution in [2.45, 2.75) is 45.3 Å². The molecule has 34 heavy (non-hydrogen) atoms. The van der Waals surface area contributed by atoms with E-state index in [4.69, 9.17) is 0 Å². The lowest BCUT2D eigenvalue weighted by atomic mass is 9.87. The Bertz CT molecular complexity index is 1120. The molecule has 180 valence electrons. The predicted octanol–water partition coefficient (Wildman–Crippen LogP) is 6.32. The molecule has 0 unspecified atom stereocenters. The molecule has 3 rings (SSSR count). The van der Waals surface area contributed by atoms with E-state index in [1.807, 2.05) is 24.3 Å². The molecule has 1 aromatic heterocycles. The molecule has 1 N–H and O–H groups in total. The molecular formula is C27H30F3N3O. The van der Waals surface area contributed by atoms with Gasteiger partial charge in [-0.05, 0) is 46.7 Å². The lowest BCUT2D eigenvalue weighted by Gasteiger charge is -2.25.